The summed E-state index contributed by atoms with van der Waals surface area (Å²) in [5.41, 5.74) is 11.4. The molecule has 0 fully saturated rings. The molecule has 2 aromatic carbocycles. The Morgan fingerprint density at radius 1 is 1.16 bits per heavy atom. The molecule has 11 nitrogen and oxygen atoms in total. The van der Waals surface area contributed by atoms with Gasteiger partial charge in [0, 0.05) is 29.7 Å². The van der Waals surface area contributed by atoms with Crippen molar-refractivity contribution in [2.75, 3.05) is 22.7 Å². The van der Waals surface area contributed by atoms with Gasteiger partial charge in [0.1, 0.15) is 5.69 Å². The average molecular weight is 567 g/mol. The molecule has 37 heavy (non-hydrogen) atoms. The van der Waals surface area contributed by atoms with Crippen LogP contribution in [0.1, 0.15) is 33.5 Å². The van der Waals surface area contributed by atoms with Crippen LogP contribution in [0.4, 0.5) is 17.3 Å². The maximum absolute atomic E-state index is 13.1. The van der Waals surface area contributed by atoms with Crippen LogP contribution in [0.15, 0.2) is 59.1 Å². The van der Waals surface area contributed by atoms with E-state index in [1.54, 1.807) is 22.9 Å². The highest BCUT2D eigenvalue weighted by Crippen LogP contribution is 2.28. The lowest BCUT2D eigenvalue weighted by Crippen LogP contribution is -2.19. The van der Waals surface area contributed by atoms with Gasteiger partial charge < -0.3 is 15.6 Å². The second-order valence-corrected chi connectivity index (χ2v) is 9.04. The first kappa shape index (κ1) is 25.9. The molecule has 2 heterocycles. The molecule has 0 bridgehead atoms. The molecule has 0 unspecified atom stereocenters. The van der Waals surface area contributed by atoms with Gasteiger partial charge in [-0.15, -0.1) is 0 Å². The predicted octanol–water partition coefficient (Wildman–Crippen LogP) is 4.14. The minimum absolute atomic E-state index is 0.280. The fourth-order valence-electron chi connectivity index (χ4n) is 3.93. The monoisotopic (exact) mass is 566 g/mol. The van der Waals surface area contributed by atoms with Crippen LogP contribution in [0.5, 0.6) is 0 Å². The van der Waals surface area contributed by atoms with Crippen LogP contribution in [0.25, 0.3) is 11.0 Å². The standard InChI is InChI=1S/C25H27BrN8O3/c1-3-34-21(13-15(2)31-34)24(36)30-25-29-19-8-6-7-17(26)22(19)33(25)12-5-4-11-28-18-10-9-16(23(27)35)14-20(18)32-37/h4-10,13-14,28,32,37H,3,11-12H2,1-2H3,(H2,27,35)(H,29,30,36)/b5-4+. The van der Waals surface area contributed by atoms with Crippen LogP contribution in [0, 0.1) is 6.92 Å². The number of primary amides is 1. The molecule has 6 N–H and O–H groups in total. The second kappa shape index (κ2) is 11.3. The zero-order valence-electron chi connectivity index (χ0n) is 20.3. The fraction of sp³-hybridized carbons (Fsp3) is 0.200. The van der Waals surface area contributed by atoms with Crippen LogP contribution < -0.4 is 21.8 Å². The van der Waals surface area contributed by atoms with Crippen LogP contribution in [0.2, 0.25) is 0 Å². The van der Waals surface area contributed by atoms with Gasteiger partial charge in [-0.05, 0) is 66.2 Å². The molecule has 2 aromatic heterocycles. The minimum atomic E-state index is -0.584. The summed E-state index contributed by atoms with van der Waals surface area (Å²) in [6.07, 6.45) is 3.85. The first-order chi connectivity index (χ1) is 17.8. The topological polar surface area (TPSA) is 152 Å². The number of amides is 2. The number of imidazole rings is 1. The highest BCUT2D eigenvalue weighted by atomic mass is 79.9. The quantitative estimate of drug-likeness (QED) is 0.143. The van der Waals surface area contributed by atoms with Crippen LogP contribution >= 0.6 is 15.9 Å². The van der Waals surface area contributed by atoms with Crippen molar-refractivity contribution in [3.8, 4) is 0 Å². The van der Waals surface area contributed by atoms with E-state index in [0.29, 0.717) is 42.7 Å². The van der Waals surface area contributed by atoms with Crippen molar-refractivity contribution in [1.29, 1.82) is 0 Å². The maximum Gasteiger partial charge on any atom is 0.276 e. The van der Waals surface area contributed by atoms with Crippen molar-refractivity contribution in [2.45, 2.75) is 26.9 Å². The first-order valence-electron chi connectivity index (χ1n) is 11.6. The predicted molar refractivity (Wildman–Crippen MR) is 146 cm³/mol. The van der Waals surface area contributed by atoms with Gasteiger partial charge in [0.25, 0.3) is 5.91 Å². The molecule has 0 aliphatic carbocycles. The number of halogens is 1. The van der Waals surface area contributed by atoms with Gasteiger partial charge in [-0.3, -0.25) is 30.3 Å². The van der Waals surface area contributed by atoms with Gasteiger partial charge in [0.05, 0.1) is 28.1 Å². The number of nitrogens with zero attached hydrogens (tertiary/aromatic N) is 4. The number of rotatable bonds is 10. The number of carbonyl (C=O) groups excluding carboxylic acids is 2. The zero-order valence-corrected chi connectivity index (χ0v) is 21.9. The number of nitrogens with two attached hydrogens (primary N) is 1. The van der Waals surface area contributed by atoms with E-state index in [1.807, 2.05) is 48.8 Å². The Balaban J connectivity index is 1.52. The summed E-state index contributed by atoms with van der Waals surface area (Å²) in [6.45, 7) is 5.23. The normalized spacial score (nSPS) is 11.2. The number of hydrogen-bond donors (Lipinski definition) is 5. The van der Waals surface area contributed by atoms with E-state index in [1.165, 1.54) is 6.07 Å². The largest absolute Gasteiger partial charge is 0.380 e. The molecule has 0 spiro atoms. The van der Waals surface area contributed by atoms with Crippen molar-refractivity contribution in [2.24, 2.45) is 5.73 Å². The summed E-state index contributed by atoms with van der Waals surface area (Å²) in [7, 11) is 0. The summed E-state index contributed by atoms with van der Waals surface area (Å²) in [5.74, 6) is -0.456. The number of allylic oxidation sites excluding steroid dienone is 1. The third-order valence-corrected chi connectivity index (χ3v) is 6.31. The molecule has 0 aliphatic heterocycles. The van der Waals surface area contributed by atoms with E-state index >= 15 is 0 Å². The van der Waals surface area contributed by atoms with Gasteiger partial charge in [0.15, 0.2) is 0 Å². The number of benzene rings is 2. The van der Waals surface area contributed by atoms with Crippen molar-refractivity contribution < 1.29 is 14.8 Å². The molecule has 192 valence electrons. The Morgan fingerprint density at radius 2 is 1.97 bits per heavy atom. The van der Waals surface area contributed by atoms with E-state index in [4.69, 9.17) is 5.73 Å². The number of aryl methyl sites for hydroxylation is 2. The lowest BCUT2D eigenvalue weighted by molar-refractivity contribution is 0.0996. The smallest absolute Gasteiger partial charge is 0.276 e. The summed E-state index contributed by atoms with van der Waals surface area (Å²) >= 11 is 3.60. The van der Waals surface area contributed by atoms with Gasteiger partial charge in [-0.1, -0.05) is 18.2 Å². The van der Waals surface area contributed by atoms with E-state index in [9.17, 15) is 14.8 Å². The Labute approximate surface area is 221 Å². The van der Waals surface area contributed by atoms with E-state index in [-0.39, 0.29) is 11.5 Å². The van der Waals surface area contributed by atoms with Crippen molar-refractivity contribution in [3.63, 3.8) is 0 Å². The second-order valence-electron chi connectivity index (χ2n) is 8.18. The summed E-state index contributed by atoms with van der Waals surface area (Å²) < 4.78 is 4.42. The van der Waals surface area contributed by atoms with Crippen molar-refractivity contribution >= 4 is 56.1 Å². The molecular weight excluding hydrogens is 540 g/mol. The fourth-order valence-corrected chi connectivity index (χ4v) is 4.50. The van der Waals surface area contributed by atoms with Gasteiger partial charge >= 0.3 is 0 Å². The molecule has 0 saturated heterocycles. The highest BCUT2D eigenvalue weighted by molar-refractivity contribution is 9.10. The third kappa shape index (κ3) is 5.65. The molecule has 4 aromatic rings. The molecule has 0 radical (unpaired) electrons. The summed E-state index contributed by atoms with van der Waals surface area (Å²) in [5, 5.41) is 19.8. The van der Waals surface area contributed by atoms with Crippen molar-refractivity contribution in [1.82, 2.24) is 19.3 Å². The Morgan fingerprint density at radius 3 is 2.70 bits per heavy atom. The molecule has 0 atom stereocenters. The number of aromatic nitrogens is 4. The lowest BCUT2D eigenvalue weighted by atomic mass is 10.1. The Hall–Kier alpha value is -4.16. The molecule has 0 aliphatic rings. The summed E-state index contributed by atoms with van der Waals surface area (Å²) in [6, 6.07) is 12.1. The van der Waals surface area contributed by atoms with Gasteiger partial charge in [-0.2, -0.15) is 5.10 Å². The number of para-hydroxylation sites is 1. The van der Waals surface area contributed by atoms with Gasteiger partial charge in [0.2, 0.25) is 11.9 Å². The van der Waals surface area contributed by atoms with Crippen LogP contribution in [-0.4, -0.2) is 42.9 Å². The average Bonchev–Trinajstić information content (AvgIpc) is 3.44. The minimum Gasteiger partial charge on any atom is -0.380 e. The van der Waals surface area contributed by atoms with Gasteiger partial charge in [-0.25, -0.2) is 4.98 Å². The maximum atomic E-state index is 13.1. The van der Waals surface area contributed by atoms with E-state index < -0.39 is 5.91 Å². The highest BCUT2D eigenvalue weighted by Gasteiger charge is 2.18. The molecule has 12 heteroatoms. The van der Waals surface area contributed by atoms with E-state index in [2.05, 4.69) is 42.1 Å². The third-order valence-electron chi connectivity index (χ3n) is 5.67. The first-order valence-corrected chi connectivity index (χ1v) is 12.3. The lowest BCUT2D eigenvalue weighted by Gasteiger charge is -2.11. The number of hydrogen-bond acceptors (Lipinski definition) is 7. The number of anilines is 3. The number of nitrogens with one attached hydrogen (secondary N) is 3. The molecular formula is C25H27BrN8O3. The Kier molecular flexibility index (Phi) is 7.89. The number of carbonyl (C=O) groups is 2. The summed E-state index contributed by atoms with van der Waals surface area (Å²) in [4.78, 5) is 29.1. The van der Waals surface area contributed by atoms with E-state index in [0.717, 1.165) is 21.2 Å². The molecule has 0 saturated carbocycles. The molecule has 2 amide bonds. The number of fused-ring (bicyclic) bond motifs is 1. The van der Waals surface area contributed by atoms with Crippen LogP contribution in [-0.2, 0) is 13.1 Å². The van der Waals surface area contributed by atoms with Crippen LogP contribution in [0.3, 0.4) is 0 Å². The SMILES string of the molecule is CCn1nc(C)cc1C(=O)Nc1nc2cccc(Br)c2n1C/C=C/CNc1ccc(C(N)=O)cc1NO. The Bertz CT molecular complexity index is 1490. The van der Waals surface area contributed by atoms with Crippen molar-refractivity contribution in [3.05, 3.63) is 76.0 Å². The molecule has 4 rings (SSSR count). The zero-order chi connectivity index (χ0) is 26.5.